The Hall–Kier alpha value is -1.12. The first-order valence-corrected chi connectivity index (χ1v) is 5.79. The van der Waals surface area contributed by atoms with Gasteiger partial charge in [-0.25, -0.2) is 4.98 Å². The van der Waals surface area contributed by atoms with Gasteiger partial charge in [0.15, 0.2) is 0 Å². The summed E-state index contributed by atoms with van der Waals surface area (Å²) in [6.07, 6.45) is 1.32. The van der Waals surface area contributed by atoms with E-state index in [2.05, 4.69) is 9.97 Å². The van der Waals surface area contributed by atoms with Gasteiger partial charge in [0.25, 0.3) is 5.56 Å². The normalized spacial score (nSPS) is 10.5. The second-order valence-electron chi connectivity index (χ2n) is 3.56. The van der Waals surface area contributed by atoms with E-state index in [-0.39, 0.29) is 18.1 Å². The maximum Gasteiger partial charge on any atom is 0.266 e. The molecule has 88 valence electrons. The Morgan fingerprint density at radius 1 is 1.69 bits per heavy atom. The number of anilines is 1. The summed E-state index contributed by atoms with van der Waals surface area (Å²) < 4.78 is 0.454. The maximum atomic E-state index is 11.4. The largest absolute Gasteiger partial charge is 0.368 e. The zero-order valence-electron chi connectivity index (χ0n) is 9.03. The lowest BCUT2D eigenvalue weighted by molar-refractivity contribution is -0.116. The molecule has 0 aliphatic rings. The van der Waals surface area contributed by atoms with E-state index in [1.165, 1.54) is 6.33 Å². The summed E-state index contributed by atoms with van der Waals surface area (Å²) in [5, 5.41) is 0. The molecule has 6 nitrogen and oxygen atoms in total. The number of hydrogen-bond donors (Lipinski definition) is 2. The van der Waals surface area contributed by atoms with Gasteiger partial charge < -0.3 is 15.6 Å². The van der Waals surface area contributed by atoms with Crippen LogP contribution in [-0.2, 0) is 4.79 Å². The minimum atomic E-state index is -0.452. The topological polar surface area (TPSA) is 92.1 Å². The van der Waals surface area contributed by atoms with E-state index in [9.17, 15) is 9.59 Å². The van der Waals surface area contributed by atoms with Gasteiger partial charge in [-0.3, -0.25) is 9.59 Å². The molecule has 3 N–H and O–H groups in total. The van der Waals surface area contributed by atoms with Crippen LogP contribution in [0, 0.1) is 3.57 Å². The van der Waals surface area contributed by atoms with Crippen molar-refractivity contribution in [2.45, 2.75) is 19.9 Å². The predicted molar refractivity (Wildman–Crippen MR) is 69.3 cm³/mol. The Bertz CT molecular complexity index is 443. The molecular formula is C9H13IN4O2. The molecule has 0 radical (unpaired) electrons. The molecule has 0 saturated heterocycles. The lowest BCUT2D eigenvalue weighted by Crippen LogP contribution is -2.40. The molecule has 0 bridgehead atoms. The zero-order valence-corrected chi connectivity index (χ0v) is 11.2. The van der Waals surface area contributed by atoms with E-state index >= 15 is 0 Å². The van der Waals surface area contributed by atoms with Crippen LogP contribution >= 0.6 is 22.6 Å². The number of carbonyl (C=O) groups is 1. The van der Waals surface area contributed by atoms with E-state index < -0.39 is 5.91 Å². The number of aromatic amines is 1. The molecule has 0 atom stereocenters. The summed E-state index contributed by atoms with van der Waals surface area (Å²) in [7, 11) is 0. The van der Waals surface area contributed by atoms with Gasteiger partial charge >= 0.3 is 0 Å². The molecule has 0 saturated carbocycles. The molecule has 0 unspecified atom stereocenters. The lowest BCUT2D eigenvalue weighted by atomic mass is 10.3. The first-order chi connectivity index (χ1) is 7.43. The molecule has 1 amide bonds. The number of H-pyrrole nitrogens is 1. The number of aromatic nitrogens is 2. The third-order valence-electron chi connectivity index (χ3n) is 2.00. The van der Waals surface area contributed by atoms with Crippen molar-refractivity contribution in [1.29, 1.82) is 0 Å². The Morgan fingerprint density at radius 2 is 2.31 bits per heavy atom. The van der Waals surface area contributed by atoms with Crippen LogP contribution in [0.25, 0.3) is 0 Å². The molecule has 0 spiro atoms. The molecule has 1 aromatic rings. The Kier molecular flexibility index (Phi) is 4.27. The fourth-order valence-electron chi connectivity index (χ4n) is 1.24. The van der Waals surface area contributed by atoms with Crippen LogP contribution in [0.15, 0.2) is 11.1 Å². The van der Waals surface area contributed by atoms with Crippen molar-refractivity contribution in [3.8, 4) is 0 Å². The molecule has 0 fully saturated rings. The van der Waals surface area contributed by atoms with Crippen molar-refractivity contribution in [2.75, 3.05) is 11.4 Å². The molecule has 1 rings (SSSR count). The molecule has 7 heteroatoms. The van der Waals surface area contributed by atoms with Crippen LogP contribution in [0.3, 0.4) is 0 Å². The van der Waals surface area contributed by atoms with Gasteiger partial charge in [-0.2, -0.15) is 0 Å². The summed E-state index contributed by atoms with van der Waals surface area (Å²) in [5.41, 5.74) is 4.94. The predicted octanol–water partition coefficient (Wildman–Crippen LogP) is 0.0746. The number of nitrogens with zero attached hydrogens (tertiary/aromatic N) is 2. The van der Waals surface area contributed by atoms with E-state index in [1.54, 1.807) is 4.90 Å². The fraction of sp³-hybridized carbons (Fsp3) is 0.444. The highest BCUT2D eigenvalue weighted by Crippen LogP contribution is 2.17. The Balaban J connectivity index is 3.16. The van der Waals surface area contributed by atoms with Gasteiger partial charge in [0.05, 0.1) is 12.9 Å². The second kappa shape index (κ2) is 5.28. The van der Waals surface area contributed by atoms with Crippen LogP contribution in [-0.4, -0.2) is 28.5 Å². The summed E-state index contributed by atoms with van der Waals surface area (Å²) in [5.74, 6) is 0.0322. The molecule has 16 heavy (non-hydrogen) atoms. The van der Waals surface area contributed by atoms with Crippen molar-refractivity contribution in [1.82, 2.24) is 9.97 Å². The van der Waals surface area contributed by atoms with Crippen LogP contribution in [0.1, 0.15) is 13.8 Å². The van der Waals surface area contributed by atoms with Gasteiger partial charge in [0.1, 0.15) is 9.39 Å². The van der Waals surface area contributed by atoms with Crippen molar-refractivity contribution >= 4 is 34.3 Å². The molecular weight excluding hydrogens is 323 g/mol. The number of nitrogens with two attached hydrogens (primary N) is 1. The third-order valence-corrected chi connectivity index (χ3v) is 2.97. The van der Waals surface area contributed by atoms with Crippen molar-refractivity contribution in [2.24, 2.45) is 5.73 Å². The first kappa shape index (κ1) is 12.9. The average molecular weight is 336 g/mol. The van der Waals surface area contributed by atoms with Crippen LogP contribution in [0.2, 0.25) is 0 Å². The molecule has 1 heterocycles. The number of amides is 1. The van der Waals surface area contributed by atoms with Gasteiger partial charge in [-0.1, -0.05) is 0 Å². The van der Waals surface area contributed by atoms with Crippen LogP contribution in [0.4, 0.5) is 5.82 Å². The monoisotopic (exact) mass is 336 g/mol. The molecule has 0 aliphatic carbocycles. The Labute approximate surface area is 106 Å². The molecule has 0 aromatic carbocycles. The SMILES string of the molecule is CC(C)N(CC(N)=O)c1nc[nH]c(=O)c1I. The number of halogens is 1. The van der Waals surface area contributed by atoms with Crippen molar-refractivity contribution in [3.05, 3.63) is 20.3 Å². The van der Waals surface area contributed by atoms with Crippen LogP contribution in [0.5, 0.6) is 0 Å². The van der Waals surface area contributed by atoms with Gasteiger partial charge in [-0.15, -0.1) is 0 Å². The van der Waals surface area contributed by atoms with Crippen molar-refractivity contribution < 1.29 is 4.79 Å². The number of rotatable bonds is 4. The van der Waals surface area contributed by atoms with E-state index in [1.807, 2.05) is 36.4 Å². The number of carbonyl (C=O) groups excluding carboxylic acids is 1. The maximum absolute atomic E-state index is 11.4. The first-order valence-electron chi connectivity index (χ1n) is 4.71. The standard InChI is InChI=1S/C9H13IN4O2/c1-5(2)14(3-6(11)15)8-7(10)9(16)13-4-12-8/h4-5H,3H2,1-2H3,(H2,11,15)(H,12,13,16). The van der Waals surface area contributed by atoms with Gasteiger partial charge in [0, 0.05) is 6.04 Å². The molecule has 0 aliphatic heterocycles. The summed E-state index contributed by atoms with van der Waals surface area (Å²) in [6.45, 7) is 3.86. The van der Waals surface area contributed by atoms with Crippen molar-refractivity contribution in [3.63, 3.8) is 0 Å². The lowest BCUT2D eigenvalue weighted by Gasteiger charge is -2.26. The summed E-state index contributed by atoms with van der Waals surface area (Å²) in [4.78, 5) is 30.6. The highest BCUT2D eigenvalue weighted by Gasteiger charge is 2.18. The fourth-order valence-corrected chi connectivity index (χ4v) is 1.85. The van der Waals surface area contributed by atoms with Gasteiger partial charge in [0.2, 0.25) is 5.91 Å². The second-order valence-corrected chi connectivity index (χ2v) is 4.64. The smallest absolute Gasteiger partial charge is 0.266 e. The molecule has 1 aromatic heterocycles. The Morgan fingerprint density at radius 3 is 2.81 bits per heavy atom. The zero-order chi connectivity index (χ0) is 12.3. The van der Waals surface area contributed by atoms with Gasteiger partial charge in [-0.05, 0) is 36.4 Å². The van der Waals surface area contributed by atoms with Crippen LogP contribution < -0.4 is 16.2 Å². The number of primary amides is 1. The van der Waals surface area contributed by atoms with E-state index in [4.69, 9.17) is 5.73 Å². The minimum Gasteiger partial charge on any atom is -0.368 e. The number of hydrogen-bond acceptors (Lipinski definition) is 4. The van der Waals surface area contributed by atoms with E-state index in [0.717, 1.165) is 0 Å². The minimum absolute atomic E-state index is 0.0373. The summed E-state index contributed by atoms with van der Waals surface area (Å²) >= 11 is 1.90. The summed E-state index contributed by atoms with van der Waals surface area (Å²) in [6, 6.07) is 0.0373. The van der Waals surface area contributed by atoms with E-state index in [0.29, 0.717) is 9.39 Å². The quantitative estimate of drug-likeness (QED) is 0.762. The average Bonchev–Trinajstić information content (AvgIpc) is 2.18. The highest BCUT2D eigenvalue weighted by atomic mass is 127. The third kappa shape index (κ3) is 2.94. The number of nitrogens with one attached hydrogen (secondary N) is 1. The highest BCUT2D eigenvalue weighted by molar-refractivity contribution is 14.1.